The summed E-state index contributed by atoms with van der Waals surface area (Å²) in [7, 11) is 3.15. The summed E-state index contributed by atoms with van der Waals surface area (Å²) >= 11 is -2.62. The number of carbonyl (C=O) groups excluding carboxylic acids is 1. The third kappa shape index (κ3) is 6.52. The number of benzene rings is 2. The van der Waals surface area contributed by atoms with Gasteiger partial charge in [0.15, 0.2) is 5.75 Å². The number of rotatable bonds is 8. The molecule has 1 amide bonds. The summed E-state index contributed by atoms with van der Waals surface area (Å²) in [6.07, 6.45) is -5.04. The highest BCUT2D eigenvalue weighted by atomic mass is 32.2. The van der Waals surface area contributed by atoms with E-state index in [0.29, 0.717) is 44.2 Å². The summed E-state index contributed by atoms with van der Waals surface area (Å²) in [6.45, 7) is 2.31. The molecule has 1 aliphatic rings. The third-order valence-electron chi connectivity index (χ3n) is 5.22. The Morgan fingerprint density at radius 2 is 1.68 bits per heavy atom. The van der Waals surface area contributed by atoms with Crippen LogP contribution in [0.4, 0.5) is 18.9 Å². The number of piperazine rings is 1. The summed E-state index contributed by atoms with van der Waals surface area (Å²) in [5.74, 6) is 0.126. The monoisotopic (exact) mass is 503 g/mol. The van der Waals surface area contributed by atoms with Gasteiger partial charge in [-0.1, -0.05) is 6.07 Å². The van der Waals surface area contributed by atoms with Crippen LogP contribution >= 0.6 is 0 Å². The van der Waals surface area contributed by atoms with Gasteiger partial charge in [0.2, 0.25) is 0 Å². The average Bonchev–Trinajstić information content (AvgIpc) is 2.79. The Morgan fingerprint density at radius 1 is 1.06 bits per heavy atom. The number of methoxy groups -OCH3 is 2. The fourth-order valence-corrected chi connectivity index (χ4v) is 4.00. The Bertz CT molecular complexity index is 1020. The number of alkyl halides is 3. The van der Waals surface area contributed by atoms with E-state index in [1.165, 1.54) is 11.0 Å². The fraction of sp³-hybridized carbons (Fsp3) is 0.381. The highest BCUT2D eigenvalue weighted by Gasteiger charge is 2.33. The minimum Gasteiger partial charge on any atom is -0.496 e. The van der Waals surface area contributed by atoms with E-state index in [1.54, 1.807) is 14.2 Å². The van der Waals surface area contributed by atoms with Crippen molar-refractivity contribution in [2.45, 2.75) is 12.9 Å². The Morgan fingerprint density at radius 3 is 2.21 bits per heavy atom. The van der Waals surface area contributed by atoms with E-state index in [4.69, 9.17) is 14.0 Å². The zero-order chi connectivity index (χ0) is 24.9. The summed E-state index contributed by atoms with van der Waals surface area (Å²) < 4.78 is 74.9. The van der Waals surface area contributed by atoms with Gasteiger partial charge in [-0.3, -0.25) is 19.0 Å². The molecule has 0 spiro atoms. The van der Waals surface area contributed by atoms with Gasteiger partial charge in [-0.15, -0.1) is 13.2 Å². The summed E-state index contributed by atoms with van der Waals surface area (Å²) in [4.78, 5) is 16.6. The number of nitrogens with one attached hydrogen (secondary N) is 1. The lowest BCUT2D eigenvalue weighted by Crippen LogP contribution is -2.48. The molecule has 0 aliphatic carbocycles. The lowest BCUT2D eigenvalue weighted by atomic mass is 10.1. The second kappa shape index (κ2) is 10.9. The van der Waals surface area contributed by atoms with Gasteiger partial charge in [-0.05, 0) is 30.3 Å². The molecule has 1 heterocycles. The number of nitrogens with zero attached hydrogens (tertiary/aromatic N) is 2. The molecule has 3 rings (SSSR count). The molecule has 0 radical (unpaired) electrons. The van der Waals surface area contributed by atoms with Gasteiger partial charge in [0, 0.05) is 38.3 Å². The lowest BCUT2D eigenvalue weighted by molar-refractivity contribution is -0.274. The molecule has 9 nitrogen and oxygen atoms in total. The first-order chi connectivity index (χ1) is 16.1. The van der Waals surface area contributed by atoms with Crippen LogP contribution in [0.2, 0.25) is 0 Å². The highest BCUT2D eigenvalue weighted by molar-refractivity contribution is 7.80. The second-order valence-electron chi connectivity index (χ2n) is 7.32. The van der Waals surface area contributed by atoms with Crippen LogP contribution in [0.3, 0.4) is 0 Å². The molecule has 1 aliphatic heterocycles. The van der Waals surface area contributed by atoms with Crippen molar-refractivity contribution >= 4 is 22.9 Å². The predicted molar refractivity (Wildman–Crippen MR) is 118 cm³/mol. The number of carbonyl (C=O) groups is 1. The molecule has 1 atom stereocenters. The van der Waals surface area contributed by atoms with E-state index >= 15 is 0 Å². The maximum atomic E-state index is 12.9. The molecule has 13 heteroatoms. The van der Waals surface area contributed by atoms with Crippen LogP contribution < -0.4 is 18.9 Å². The molecule has 1 fully saturated rings. The van der Waals surface area contributed by atoms with Gasteiger partial charge >= 0.3 is 6.36 Å². The van der Waals surface area contributed by atoms with Crippen molar-refractivity contribution in [2.24, 2.45) is 0 Å². The summed E-state index contributed by atoms with van der Waals surface area (Å²) in [5, 5.41) is 0. The van der Waals surface area contributed by atoms with Crippen molar-refractivity contribution in [2.75, 3.05) is 45.1 Å². The molecule has 186 valence electrons. The standard InChI is InChI=1S/C21H24F3N3O6S/c1-31-17-4-3-5-18(32-2)15(17)13-26-8-10-27(11-9-26)20(28)14-6-7-16(25-34(29)30)19(12-14)33-21(22,23)24/h3-7,12,25H,8-11,13H2,1-2H3,(H,29,30). The molecule has 0 aromatic heterocycles. The van der Waals surface area contributed by atoms with Gasteiger partial charge < -0.3 is 19.1 Å². The third-order valence-corrected chi connectivity index (χ3v) is 5.62. The number of ether oxygens (including phenoxy) is 3. The van der Waals surface area contributed by atoms with Crippen LogP contribution in [0.5, 0.6) is 17.2 Å². The first-order valence-corrected chi connectivity index (χ1v) is 11.2. The van der Waals surface area contributed by atoms with Crippen LogP contribution in [0, 0.1) is 0 Å². The van der Waals surface area contributed by atoms with E-state index in [9.17, 15) is 22.2 Å². The number of anilines is 1. The van der Waals surface area contributed by atoms with Crippen molar-refractivity contribution in [3.63, 3.8) is 0 Å². The minimum absolute atomic E-state index is 0.0339. The van der Waals surface area contributed by atoms with Crippen molar-refractivity contribution in [3.8, 4) is 17.2 Å². The normalized spacial score (nSPS) is 15.5. The number of halogens is 3. The predicted octanol–water partition coefficient (Wildman–Crippen LogP) is 3.11. The molecule has 1 saturated heterocycles. The Labute approximate surface area is 196 Å². The Balaban J connectivity index is 1.70. The van der Waals surface area contributed by atoms with Crippen LogP contribution in [0.15, 0.2) is 36.4 Å². The maximum absolute atomic E-state index is 12.9. The first-order valence-electron chi connectivity index (χ1n) is 10.1. The first kappa shape index (κ1) is 25.6. The maximum Gasteiger partial charge on any atom is 0.573 e. The van der Waals surface area contributed by atoms with Gasteiger partial charge in [0.1, 0.15) is 11.5 Å². The second-order valence-corrected chi connectivity index (χ2v) is 8.02. The van der Waals surface area contributed by atoms with Crippen molar-refractivity contribution in [1.82, 2.24) is 9.80 Å². The van der Waals surface area contributed by atoms with Crippen molar-refractivity contribution < 1.29 is 40.9 Å². The van der Waals surface area contributed by atoms with Crippen LogP contribution in [0.25, 0.3) is 0 Å². The van der Waals surface area contributed by atoms with Crippen LogP contribution in [-0.2, 0) is 17.8 Å². The molecule has 34 heavy (non-hydrogen) atoms. The largest absolute Gasteiger partial charge is 0.573 e. The molecular formula is C21H24F3N3O6S. The number of hydrogen-bond acceptors (Lipinski definition) is 6. The molecule has 2 N–H and O–H groups in total. The van der Waals surface area contributed by atoms with Gasteiger partial charge in [-0.25, -0.2) is 4.21 Å². The van der Waals surface area contributed by atoms with E-state index in [1.807, 2.05) is 22.9 Å². The van der Waals surface area contributed by atoms with Gasteiger partial charge in [0.25, 0.3) is 17.2 Å². The Kier molecular flexibility index (Phi) is 8.23. The highest BCUT2D eigenvalue weighted by Crippen LogP contribution is 2.33. The zero-order valence-electron chi connectivity index (χ0n) is 18.4. The molecule has 2 aromatic rings. The van der Waals surface area contributed by atoms with E-state index < -0.39 is 29.3 Å². The topological polar surface area (TPSA) is 101 Å². The van der Waals surface area contributed by atoms with Crippen LogP contribution in [-0.4, -0.2) is 71.2 Å². The van der Waals surface area contributed by atoms with E-state index in [2.05, 4.69) is 9.64 Å². The summed E-state index contributed by atoms with van der Waals surface area (Å²) in [5.41, 5.74) is 0.476. The Hall–Kier alpha value is -3.03. The lowest BCUT2D eigenvalue weighted by Gasteiger charge is -2.35. The molecule has 1 unspecified atom stereocenters. The SMILES string of the molecule is COc1cccc(OC)c1CN1CCN(C(=O)c2ccc(NS(=O)O)c(OC(F)(F)F)c2)CC1. The van der Waals surface area contributed by atoms with Gasteiger partial charge in [-0.2, -0.15) is 0 Å². The number of amides is 1. The van der Waals surface area contributed by atoms with E-state index in [-0.39, 0.29) is 11.3 Å². The average molecular weight is 503 g/mol. The fourth-order valence-electron chi connectivity index (χ4n) is 3.64. The van der Waals surface area contributed by atoms with Crippen molar-refractivity contribution in [1.29, 1.82) is 0 Å². The zero-order valence-corrected chi connectivity index (χ0v) is 19.2. The van der Waals surface area contributed by atoms with Crippen LogP contribution in [0.1, 0.15) is 15.9 Å². The molecule has 0 bridgehead atoms. The summed E-state index contributed by atoms with van der Waals surface area (Å²) in [6, 6.07) is 8.76. The minimum atomic E-state index is -5.04. The number of hydrogen-bond donors (Lipinski definition) is 2. The molecule has 2 aromatic carbocycles. The van der Waals surface area contributed by atoms with Crippen molar-refractivity contribution in [3.05, 3.63) is 47.5 Å². The molecule has 0 saturated carbocycles. The smallest absolute Gasteiger partial charge is 0.496 e. The molecular weight excluding hydrogens is 479 g/mol. The van der Waals surface area contributed by atoms with Gasteiger partial charge in [0.05, 0.1) is 25.5 Å². The van der Waals surface area contributed by atoms with E-state index in [0.717, 1.165) is 17.7 Å². The quantitative estimate of drug-likeness (QED) is 0.534.